The fourth-order valence-corrected chi connectivity index (χ4v) is 2.16. The number of hydrogen-bond donors (Lipinski definition) is 2. The summed E-state index contributed by atoms with van der Waals surface area (Å²) in [6, 6.07) is 7.54. The highest BCUT2D eigenvalue weighted by Gasteiger charge is 2.09. The molecule has 6 heteroatoms. The molecular weight excluding hydrogens is 288 g/mol. The summed E-state index contributed by atoms with van der Waals surface area (Å²) in [4.78, 5) is 17.3. The van der Waals surface area contributed by atoms with Gasteiger partial charge in [-0.1, -0.05) is 6.07 Å². The first-order valence-electron chi connectivity index (χ1n) is 7.33. The first kappa shape index (κ1) is 14.9. The fraction of sp³-hybridized carbons (Fsp3) is 0.176. The van der Waals surface area contributed by atoms with Crippen LogP contribution >= 0.6 is 0 Å². The lowest BCUT2D eigenvalue weighted by molar-refractivity contribution is 1.02. The van der Waals surface area contributed by atoms with Crippen molar-refractivity contribution >= 4 is 11.6 Å². The molecule has 0 radical (unpaired) electrons. The van der Waals surface area contributed by atoms with E-state index in [4.69, 9.17) is 5.73 Å². The highest BCUT2D eigenvalue weighted by molar-refractivity contribution is 5.59. The molecule has 0 aromatic carbocycles. The van der Waals surface area contributed by atoms with Gasteiger partial charge >= 0.3 is 0 Å². The van der Waals surface area contributed by atoms with Crippen LogP contribution in [-0.4, -0.2) is 19.9 Å². The van der Waals surface area contributed by atoms with Crippen molar-refractivity contribution in [2.75, 3.05) is 11.1 Å². The van der Waals surface area contributed by atoms with Crippen molar-refractivity contribution in [1.29, 1.82) is 0 Å². The summed E-state index contributed by atoms with van der Waals surface area (Å²) >= 11 is 0. The van der Waals surface area contributed by atoms with E-state index in [2.05, 4.69) is 25.3 Å². The van der Waals surface area contributed by atoms with E-state index in [1.54, 1.807) is 24.7 Å². The number of pyridine rings is 2. The van der Waals surface area contributed by atoms with Crippen molar-refractivity contribution in [1.82, 2.24) is 19.9 Å². The zero-order valence-corrected chi connectivity index (χ0v) is 13.1. The van der Waals surface area contributed by atoms with Crippen molar-refractivity contribution < 1.29 is 0 Å². The van der Waals surface area contributed by atoms with Gasteiger partial charge in [-0.2, -0.15) is 0 Å². The summed E-state index contributed by atoms with van der Waals surface area (Å²) in [6.45, 7) is 4.62. The SMILES string of the molecule is Cc1nc(-c2ccncc2)nc(NCc2ccc(N)nc2)c1C. The molecule has 0 amide bonds. The topological polar surface area (TPSA) is 89.6 Å². The molecule has 0 bridgehead atoms. The number of anilines is 2. The average Bonchev–Trinajstić information content (AvgIpc) is 2.58. The number of aromatic nitrogens is 4. The van der Waals surface area contributed by atoms with Gasteiger partial charge in [0, 0.05) is 42.0 Å². The zero-order chi connectivity index (χ0) is 16.2. The van der Waals surface area contributed by atoms with E-state index >= 15 is 0 Å². The molecule has 116 valence electrons. The van der Waals surface area contributed by atoms with Crippen LogP contribution in [0.25, 0.3) is 11.4 Å². The summed E-state index contributed by atoms with van der Waals surface area (Å²) < 4.78 is 0. The molecule has 3 heterocycles. The van der Waals surface area contributed by atoms with Gasteiger partial charge in [-0.25, -0.2) is 15.0 Å². The molecule has 0 saturated carbocycles. The number of nitrogen functional groups attached to an aromatic ring is 1. The van der Waals surface area contributed by atoms with Crippen molar-refractivity contribution in [2.24, 2.45) is 0 Å². The van der Waals surface area contributed by atoms with E-state index in [9.17, 15) is 0 Å². The van der Waals surface area contributed by atoms with Gasteiger partial charge in [0.05, 0.1) is 0 Å². The molecule has 0 unspecified atom stereocenters. The van der Waals surface area contributed by atoms with Gasteiger partial charge in [-0.3, -0.25) is 4.98 Å². The standard InChI is InChI=1S/C17H18N6/c1-11-12(2)22-17(14-5-7-19-8-6-14)23-16(11)21-10-13-3-4-15(18)20-9-13/h3-9H,10H2,1-2H3,(H2,18,20)(H,21,22,23). The Labute approximate surface area is 134 Å². The van der Waals surface area contributed by atoms with Crippen LogP contribution in [0.2, 0.25) is 0 Å². The third-order valence-electron chi connectivity index (χ3n) is 3.64. The molecule has 0 spiro atoms. The maximum absolute atomic E-state index is 5.60. The average molecular weight is 306 g/mol. The Kier molecular flexibility index (Phi) is 4.14. The van der Waals surface area contributed by atoms with Gasteiger partial charge in [0.2, 0.25) is 0 Å². The Morgan fingerprint density at radius 1 is 1.04 bits per heavy atom. The molecule has 3 rings (SSSR count). The molecule has 0 fully saturated rings. The van der Waals surface area contributed by atoms with Gasteiger partial charge in [-0.05, 0) is 37.6 Å². The molecule has 3 aromatic heterocycles. The summed E-state index contributed by atoms with van der Waals surface area (Å²) in [5, 5.41) is 3.35. The zero-order valence-electron chi connectivity index (χ0n) is 13.1. The van der Waals surface area contributed by atoms with Crippen molar-refractivity contribution in [3.8, 4) is 11.4 Å². The molecule has 0 aliphatic carbocycles. The Bertz CT molecular complexity index is 799. The lowest BCUT2D eigenvalue weighted by atomic mass is 10.2. The number of rotatable bonds is 4. The maximum atomic E-state index is 5.60. The number of nitrogens with two attached hydrogens (primary N) is 1. The number of aryl methyl sites for hydroxylation is 1. The van der Waals surface area contributed by atoms with Crippen LogP contribution in [0.1, 0.15) is 16.8 Å². The summed E-state index contributed by atoms with van der Waals surface area (Å²) in [6.07, 6.45) is 5.23. The van der Waals surface area contributed by atoms with Crippen molar-refractivity contribution in [3.05, 3.63) is 59.7 Å². The second kappa shape index (κ2) is 6.39. The second-order valence-corrected chi connectivity index (χ2v) is 5.29. The smallest absolute Gasteiger partial charge is 0.161 e. The molecule has 0 saturated heterocycles. The van der Waals surface area contributed by atoms with Crippen molar-refractivity contribution in [3.63, 3.8) is 0 Å². The summed E-state index contributed by atoms with van der Waals surface area (Å²) in [7, 11) is 0. The maximum Gasteiger partial charge on any atom is 0.161 e. The highest BCUT2D eigenvalue weighted by Crippen LogP contribution is 2.21. The van der Waals surface area contributed by atoms with E-state index < -0.39 is 0 Å². The minimum atomic E-state index is 0.516. The Hall–Kier alpha value is -3.02. The van der Waals surface area contributed by atoms with Gasteiger partial charge < -0.3 is 11.1 Å². The number of hydrogen-bond acceptors (Lipinski definition) is 6. The molecule has 3 aromatic rings. The monoisotopic (exact) mass is 306 g/mol. The molecular formula is C17H18N6. The van der Waals surface area contributed by atoms with Crippen LogP contribution < -0.4 is 11.1 Å². The van der Waals surface area contributed by atoms with Crippen LogP contribution in [0.3, 0.4) is 0 Å². The predicted molar refractivity (Wildman–Crippen MR) is 90.7 cm³/mol. The van der Waals surface area contributed by atoms with E-state index in [0.29, 0.717) is 18.2 Å². The van der Waals surface area contributed by atoms with Crippen LogP contribution in [-0.2, 0) is 6.54 Å². The Morgan fingerprint density at radius 2 is 1.83 bits per heavy atom. The molecule has 0 aliphatic heterocycles. The number of nitrogens with zero attached hydrogens (tertiary/aromatic N) is 4. The normalized spacial score (nSPS) is 10.5. The Balaban J connectivity index is 1.86. The van der Waals surface area contributed by atoms with E-state index in [0.717, 1.165) is 28.2 Å². The van der Waals surface area contributed by atoms with Crippen LogP contribution in [0.5, 0.6) is 0 Å². The van der Waals surface area contributed by atoms with Crippen LogP contribution in [0, 0.1) is 13.8 Å². The lowest BCUT2D eigenvalue weighted by Crippen LogP contribution is -2.07. The lowest BCUT2D eigenvalue weighted by Gasteiger charge is -2.12. The minimum absolute atomic E-state index is 0.516. The first-order valence-corrected chi connectivity index (χ1v) is 7.33. The predicted octanol–water partition coefficient (Wildman–Crippen LogP) is 2.74. The van der Waals surface area contributed by atoms with E-state index in [1.165, 1.54) is 0 Å². The number of nitrogens with one attached hydrogen (secondary N) is 1. The van der Waals surface area contributed by atoms with Gasteiger partial charge in [0.25, 0.3) is 0 Å². The van der Waals surface area contributed by atoms with Crippen LogP contribution in [0.4, 0.5) is 11.6 Å². The first-order chi connectivity index (χ1) is 11.1. The second-order valence-electron chi connectivity index (χ2n) is 5.29. The molecule has 23 heavy (non-hydrogen) atoms. The summed E-state index contributed by atoms with van der Waals surface area (Å²) in [5.41, 5.74) is 9.57. The van der Waals surface area contributed by atoms with Gasteiger partial charge in [-0.15, -0.1) is 0 Å². The van der Waals surface area contributed by atoms with E-state index in [-0.39, 0.29) is 0 Å². The molecule has 6 nitrogen and oxygen atoms in total. The molecule has 0 aliphatic rings. The minimum Gasteiger partial charge on any atom is -0.384 e. The third kappa shape index (κ3) is 3.42. The largest absolute Gasteiger partial charge is 0.384 e. The quantitative estimate of drug-likeness (QED) is 0.770. The Morgan fingerprint density at radius 3 is 2.52 bits per heavy atom. The van der Waals surface area contributed by atoms with E-state index in [1.807, 2.05) is 32.0 Å². The van der Waals surface area contributed by atoms with Gasteiger partial charge in [0.15, 0.2) is 5.82 Å². The van der Waals surface area contributed by atoms with Crippen molar-refractivity contribution in [2.45, 2.75) is 20.4 Å². The third-order valence-corrected chi connectivity index (χ3v) is 3.64. The van der Waals surface area contributed by atoms with Crippen LogP contribution in [0.15, 0.2) is 42.9 Å². The fourth-order valence-electron chi connectivity index (χ4n) is 2.16. The summed E-state index contributed by atoms with van der Waals surface area (Å²) in [5.74, 6) is 2.03. The molecule has 0 atom stereocenters. The molecule has 3 N–H and O–H groups in total. The highest BCUT2D eigenvalue weighted by atomic mass is 15.0. The van der Waals surface area contributed by atoms with Gasteiger partial charge in [0.1, 0.15) is 11.6 Å².